The van der Waals surface area contributed by atoms with E-state index in [0.717, 1.165) is 43.6 Å². The fraction of sp³-hybridized carbons (Fsp3) is 0.600. The van der Waals surface area contributed by atoms with Gasteiger partial charge >= 0.3 is 0 Å². The summed E-state index contributed by atoms with van der Waals surface area (Å²) in [7, 11) is 3.96. The molecule has 1 aromatic rings. The van der Waals surface area contributed by atoms with Gasteiger partial charge in [0.1, 0.15) is 5.75 Å². The Bertz CT molecular complexity index is 668. The first-order chi connectivity index (χ1) is 12.5. The minimum absolute atomic E-state index is 0.0462. The molecule has 1 unspecified atom stereocenters. The number of ether oxygens (including phenoxy) is 1. The quantitative estimate of drug-likeness (QED) is 0.878. The highest BCUT2D eigenvalue weighted by molar-refractivity contribution is 6.01. The van der Waals surface area contributed by atoms with Crippen molar-refractivity contribution in [1.29, 1.82) is 0 Å². The van der Waals surface area contributed by atoms with Crippen molar-refractivity contribution in [1.82, 2.24) is 4.90 Å². The van der Waals surface area contributed by atoms with E-state index in [4.69, 9.17) is 4.74 Å². The standard InChI is InChI=1S/C20H29N3O3/c1-14-20(25)23(12-11-22(2)3)17-13-16(9-10-18(17)26-14)21-19(24)15-7-5-4-6-8-15/h9-10,13-15H,4-8,11-12H2,1-3H3,(H,21,24). The highest BCUT2D eigenvalue weighted by Crippen LogP contribution is 2.36. The number of rotatable bonds is 5. The number of anilines is 2. The van der Waals surface area contributed by atoms with Gasteiger partial charge in [0.25, 0.3) is 5.91 Å². The molecule has 6 heteroatoms. The van der Waals surface area contributed by atoms with Gasteiger partial charge in [-0.15, -0.1) is 0 Å². The lowest BCUT2D eigenvalue weighted by atomic mass is 9.88. The summed E-state index contributed by atoms with van der Waals surface area (Å²) < 4.78 is 5.74. The Balaban J connectivity index is 1.78. The number of fused-ring (bicyclic) bond motifs is 1. The fourth-order valence-corrected chi connectivity index (χ4v) is 3.62. The first-order valence-electron chi connectivity index (χ1n) is 9.53. The second-order valence-corrected chi connectivity index (χ2v) is 7.56. The molecule has 0 aromatic heterocycles. The van der Waals surface area contributed by atoms with Crippen LogP contribution in [0, 0.1) is 5.92 Å². The van der Waals surface area contributed by atoms with Crippen molar-refractivity contribution in [2.45, 2.75) is 45.1 Å². The second-order valence-electron chi connectivity index (χ2n) is 7.56. The summed E-state index contributed by atoms with van der Waals surface area (Å²) in [4.78, 5) is 28.9. The first-order valence-corrected chi connectivity index (χ1v) is 9.53. The molecule has 1 N–H and O–H groups in total. The highest BCUT2D eigenvalue weighted by atomic mass is 16.5. The number of hydrogen-bond donors (Lipinski definition) is 1. The van der Waals surface area contributed by atoms with E-state index in [1.807, 2.05) is 37.2 Å². The summed E-state index contributed by atoms with van der Waals surface area (Å²) in [6.45, 7) is 3.12. The van der Waals surface area contributed by atoms with Crippen molar-refractivity contribution in [2.75, 3.05) is 37.4 Å². The van der Waals surface area contributed by atoms with E-state index in [0.29, 0.717) is 12.3 Å². The van der Waals surface area contributed by atoms with Crippen molar-refractivity contribution in [2.24, 2.45) is 5.92 Å². The molecule has 0 saturated heterocycles. The Morgan fingerprint density at radius 1 is 1.27 bits per heavy atom. The van der Waals surface area contributed by atoms with Crippen LogP contribution < -0.4 is 15.0 Å². The highest BCUT2D eigenvalue weighted by Gasteiger charge is 2.31. The lowest BCUT2D eigenvalue weighted by molar-refractivity contribution is -0.125. The van der Waals surface area contributed by atoms with Crippen LogP contribution in [0.15, 0.2) is 18.2 Å². The fourth-order valence-electron chi connectivity index (χ4n) is 3.62. The van der Waals surface area contributed by atoms with E-state index in [1.165, 1.54) is 6.42 Å². The van der Waals surface area contributed by atoms with Crippen LogP contribution in [0.1, 0.15) is 39.0 Å². The summed E-state index contributed by atoms with van der Waals surface area (Å²) in [5.41, 5.74) is 1.46. The van der Waals surface area contributed by atoms with E-state index in [1.54, 1.807) is 11.8 Å². The zero-order chi connectivity index (χ0) is 18.7. The maximum atomic E-state index is 12.6. The molecule has 1 heterocycles. The molecular weight excluding hydrogens is 330 g/mol. The molecule has 1 atom stereocenters. The van der Waals surface area contributed by atoms with Gasteiger partial charge in [-0.1, -0.05) is 19.3 Å². The molecule has 0 spiro atoms. The summed E-state index contributed by atoms with van der Waals surface area (Å²) in [6, 6.07) is 5.55. The predicted octanol–water partition coefficient (Wildman–Crippen LogP) is 2.88. The maximum absolute atomic E-state index is 12.6. The SMILES string of the molecule is CC1Oc2ccc(NC(=O)C3CCCCC3)cc2N(CCN(C)C)C1=O. The maximum Gasteiger partial charge on any atom is 0.267 e. The van der Waals surface area contributed by atoms with Crippen LogP contribution in [0.3, 0.4) is 0 Å². The van der Waals surface area contributed by atoms with Crippen molar-refractivity contribution in [3.05, 3.63) is 18.2 Å². The molecule has 2 amide bonds. The summed E-state index contributed by atoms with van der Waals surface area (Å²) in [6.07, 6.45) is 4.91. The molecule has 1 fully saturated rings. The summed E-state index contributed by atoms with van der Waals surface area (Å²) in [5, 5.41) is 3.03. The van der Waals surface area contributed by atoms with E-state index < -0.39 is 6.10 Å². The van der Waals surface area contributed by atoms with Gasteiger partial charge in [0.2, 0.25) is 5.91 Å². The van der Waals surface area contributed by atoms with Crippen molar-refractivity contribution >= 4 is 23.2 Å². The average Bonchev–Trinajstić information content (AvgIpc) is 2.63. The van der Waals surface area contributed by atoms with E-state index in [-0.39, 0.29) is 17.7 Å². The Kier molecular flexibility index (Phi) is 5.81. The molecule has 1 aliphatic heterocycles. The van der Waals surface area contributed by atoms with Crippen LogP contribution in [0.4, 0.5) is 11.4 Å². The minimum Gasteiger partial charge on any atom is -0.479 e. The lowest BCUT2D eigenvalue weighted by Crippen LogP contribution is -2.46. The normalized spacial score (nSPS) is 20.7. The topological polar surface area (TPSA) is 61.9 Å². The molecule has 26 heavy (non-hydrogen) atoms. The third-order valence-electron chi connectivity index (χ3n) is 5.18. The number of benzene rings is 1. The summed E-state index contributed by atoms with van der Waals surface area (Å²) in [5.74, 6) is 0.824. The molecule has 1 aromatic carbocycles. The van der Waals surface area contributed by atoms with Gasteiger partial charge in [0, 0.05) is 24.7 Å². The number of carbonyl (C=O) groups is 2. The molecule has 1 saturated carbocycles. The van der Waals surface area contributed by atoms with Crippen LogP contribution in [-0.2, 0) is 9.59 Å². The van der Waals surface area contributed by atoms with E-state index in [9.17, 15) is 9.59 Å². The van der Waals surface area contributed by atoms with Crippen molar-refractivity contribution in [3.63, 3.8) is 0 Å². The third kappa shape index (κ3) is 4.18. The van der Waals surface area contributed by atoms with Crippen LogP contribution in [0.5, 0.6) is 5.75 Å². The van der Waals surface area contributed by atoms with Crippen LogP contribution >= 0.6 is 0 Å². The lowest BCUT2D eigenvalue weighted by Gasteiger charge is -2.34. The number of nitrogens with one attached hydrogen (secondary N) is 1. The van der Waals surface area contributed by atoms with Gasteiger partial charge in [-0.05, 0) is 52.1 Å². The van der Waals surface area contributed by atoms with Gasteiger partial charge in [-0.25, -0.2) is 0 Å². The Hall–Kier alpha value is -2.08. The van der Waals surface area contributed by atoms with Gasteiger partial charge in [0.15, 0.2) is 6.10 Å². The smallest absolute Gasteiger partial charge is 0.267 e. The van der Waals surface area contributed by atoms with Crippen LogP contribution in [-0.4, -0.2) is 50.0 Å². The number of likely N-dealkylation sites (N-methyl/N-ethyl adjacent to an activating group) is 1. The zero-order valence-corrected chi connectivity index (χ0v) is 16.0. The average molecular weight is 359 g/mol. The monoisotopic (exact) mass is 359 g/mol. The molecule has 142 valence electrons. The Labute approximate surface area is 155 Å². The number of carbonyl (C=O) groups excluding carboxylic acids is 2. The minimum atomic E-state index is -0.493. The molecule has 0 bridgehead atoms. The Morgan fingerprint density at radius 2 is 2.00 bits per heavy atom. The van der Waals surface area contributed by atoms with Crippen LogP contribution in [0.25, 0.3) is 0 Å². The molecule has 1 aliphatic carbocycles. The second kappa shape index (κ2) is 8.08. The van der Waals surface area contributed by atoms with E-state index >= 15 is 0 Å². The van der Waals surface area contributed by atoms with Crippen LogP contribution in [0.2, 0.25) is 0 Å². The predicted molar refractivity (Wildman–Crippen MR) is 103 cm³/mol. The zero-order valence-electron chi connectivity index (χ0n) is 16.0. The third-order valence-corrected chi connectivity index (χ3v) is 5.18. The van der Waals surface area contributed by atoms with Gasteiger partial charge in [0.05, 0.1) is 5.69 Å². The Morgan fingerprint density at radius 3 is 2.69 bits per heavy atom. The van der Waals surface area contributed by atoms with Crippen molar-refractivity contribution in [3.8, 4) is 5.75 Å². The molecule has 2 aliphatic rings. The summed E-state index contributed by atoms with van der Waals surface area (Å²) >= 11 is 0. The molecule has 6 nitrogen and oxygen atoms in total. The first kappa shape index (κ1) is 18.7. The molecule has 0 radical (unpaired) electrons. The molecular formula is C20H29N3O3. The van der Waals surface area contributed by atoms with E-state index in [2.05, 4.69) is 5.32 Å². The number of nitrogens with zero attached hydrogens (tertiary/aromatic N) is 2. The van der Waals surface area contributed by atoms with Gasteiger partial charge in [-0.3, -0.25) is 9.59 Å². The van der Waals surface area contributed by atoms with Gasteiger partial charge in [-0.2, -0.15) is 0 Å². The largest absolute Gasteiger partial charge is 0.479 e. The van der Waals surface area contributed by atoms with Gasteiger partial charge < -0.3 is 19.9 Å². The molecule has 3 rings (SSSR count). The van der Waals surface area contributed by atoms with Crippen molar-refractivity contribution < 1.29 is 14.3 Å². The number of amides is 2. The number of hydrogen-bond acceptors (Lipinski definition) is 4.